The molecule has 2 aromatic heterocycles. The molecule has 1 N–H and O–H groups in total. The molecule has 0 aliphatic heterocycles. The van der Waals surface area contributed by atoms with Crippen molar-refractivity contribution in [2.45, 2.75) is 6.10 Å². The standard InChI is InChI=1S/C26H16BrCl2N3O2S/c27-19-6-1-17-12-21(9-4-16(17)11-19)34-24(15-2-7-20(28)8-3-15)22-14-31-26(35-22)32-25(33)18-5-10-23(29)30-13-18/h1-14,24H,(H,31,32,33). The highest BCUT2D eigenvalue weighted by Gasteiger charge is 2.21. The normalized spacial score (nSPS) is 11.9. The maximum Gasteiger partial charge on any atom is 0.259 e. The summed E-state index contributed by atoms with van der Waals surface area (Å²) in [6.07, 6.45) is 2.68. The molecule has 3 aromatic carbocycles. The molecule has 0 radical (unpaired) electrons. The molecule has 1 unspecified atom stereocenters. The number of fused-ring (bicyclic) bond motifs is 1. The number of benzene rings is 3. The lowest BCUT2D eigenvalue weighted by atomic mass is 10.1. The number of hydrogen-bond acceptors (Lipinski definition) is 5. The third kappa shape index (κ3) is 5.65. The van der Waals surface area contributed by atoms with Gasteiger partial charge in [0.1, 0.15) is 10.9 Å². The van der Waals surface area contributed by atoms with Crippen LogP contribution in [0.5, 0.6) is 5.75 Å². The van der Waals surface area contributed by atoms with Gasteiger partial charge in [-0.25, -0.2) is 9.97 Å². The summed E-state index contributed by atoms with van der Waals surface area (Å²) in [6, 6.07) is 22.7. The quantitative estimate of drug-likeness (QED) is 0.204. The Balaban J connectivity index is 1.43. The Morgan fingerprint density at radius 1 is 0.914 bits per heavy atom. The molecule has 0 aliphatic rings. The number of nitrogens with one attached hydrogen (secondary N) is 1. The van der Waals surface area contributed by atoms with Crippen LogP contribution in [0.3, 0.4) is 0 Å². The van der Waals surface area contributed by atoms with Crippen LogP contribution >= 0.6 is 50.5 Å². The molecule has 174 valence electrons. The van der Waals surface area contributed by atoms with Crippen LogP contribution in [0, 0.1) is 0 Å². The van der Waals surface area contributed by atoms with Crippen LogP contribution in [-0.2, 0) is 0 Å². The first-order chi connectivity index (χ1) is 16.9. The number of thiazole rings is 1. The zero-order chi connectivity index (χ0) is 24.4. The van der Waals surface area contributed by atoms with Crippen LogP contribution in [0.4, 0.5) is 5.13 Å². The van der Waals surface area contributed by atoms with E-state index in [9.17, 15) is 4.79 Å². The van der Waals surface area contributed by atoms with Gasteiger partial charge >= 0.3 is 0 Å². The smallest absolute Gasteiger partial charge is 0.259 e. The minimum Gasteiger partial charge on any atom is -0.480 e. The summed E-state index contributed by atoms with van der Waals surface area (Å²) in [4.78, 5) is 21.7. The molecule has 0 fully saturated rings. The second-order valence-corrected chi connectivity index (χ2v) is 10.4. The van der Waals surface area contributed by atoms with Crippen molar-refractivity contribution in [3.63, 3.8) is 0 Å². The average Bonchev–Trinajstić information content (AvgIpc) is 3.31. The van der Waals surface area contributed by atoms with Gasteiger partial charge < -0.3 is 4.74 Å². The van der Waals surface area contributed by atoms with Crippen molar-refractivity contribution in [3.05, 3.63) is 116 Å². The van der Waals surface area contributed by atoms with Gasteiger partial charge in [-0.2, -0.15) is 0 Å². The summed E-state index contributed by atoms with van der Waals surface area (Å²) in [6.45, 7) is 0. The molecule has 0 saturated carbocycles. The maximum atomic E-state index is 12.6. The summed E-state index contributed by atoms with van der Waals surface area (Å²) < 4.78 is 7.48. The van der Waals surface area contributed by atoms with E-state index in [1.807, 2.05) is 54.6 Å². The Labute approximate surface area is 223 Å². The van der Waals surface area contributed by atoms with E-state index >= 15 is 0 Å². The third-order valence-corrected chi connectivity index (χ3v) is 7.12. The predicted octanol–water partition coefficient (Wildman–Crippen LogP) is 8.18. The van der Waals surface area contributed by atoms with Crippen molar-refractivity contribution in [1.29, 1.82) is 0 Å². The lowest BCUT2D eigenvalue weighted by Gasteiger charge is -2.19. The molecule has 0 bridgehead atoms. The fraction of sp³-hybridized carbons (Fsp3) is 0.0385. The first kappa shape index (κ1) is 23.8. The van der Waals surface area contributed by atoms with Crippen LogP contribution in [-0.4, -0.2) is 15.9 Å². The Bertz CT molecular complexity index is 1510. The lowest BCUT2D eigenvalue weighted by Crippen LogP contribution is -2.11. The Morgan fingerprint density at radius 2 is 1.69 bits per heavy atom. The van der Waals surface area contributed by atoms with Gasteiger partial charge in [0.15, 0.2) is 11.2 Å². The van der Waals surface area contributed by atoms with E-state index in [1.165, 1.54) is 17.5 Å². The van der Waals surface area contributed by atoms with Gasteiger partial charge in [0.2, 0.25) is 0 Å². The number of ether oxygens (including phenoxy) is 1. The monoisotopic (exact) mass is 583 g/mol. The van der Waals surface area contributed by atoms with Gasteiger partial charge in [-0.05, 0) is 64.9 Å². The van der Waals surface area contributed by atoms with Crippen molar-refractivity contribution in [3.8, 4) is 5.75 Å². The highest BCUT2D eigenvalue weighted by molar-refractivity contribution is 9.10. The summed E-state index contributed by atoms with van der Waals surface area (Å²) in [5, 5.41) is 6.39. The van der Waals surface area contributed by atoms with Crippen LogP contribution < -0.4 is 10.1 Å². The lowest BCUT2D eigenvalue weighted by molar-refractivity contribution is 0.102. The van der Waals surface area contributed by atoms with Gasteiger partial charge in [0.05, 0.1) is 10.4 Å². The van der Waals surface area contributed by atoms with Crippen molar-refractivity contribution < 1.29 is 9.53 Å². The molecule has 5 aromatic rings. The Kier molecular flexibility index (Phi) is 7.02. The van der Waals surface area contributed by atoms with Crippen LogP contribution in [0.15, 0.2) is 89.7 Å². The number of nitrogens with zero attached hydrogens (tertiary/aromatic N) is 2. The molecular weight excluding hydrogens is 569 g/mol. The molecule has 2 heterocycles. The molecule has 35 heavy (non-hydrogen) atoms. The Morgan fingerprint density at radius 3 is 2.46 bits per heavy atom. The highest BCUT2D eigenvalue weighted by atomic mass is 79.9. The number of amides is 1. The Hall–Kier alpha value is -2.97. The number of carbonyl (C=O) groups excluding carboxylic acids is 1. The first-order valence-electron chi connectivity index (χ1n) is 10.4. The van der Waals surface area contributed by atoms with Crippen LogP contribution in [0.25, 0.3) is 10.8 Å². The second kappa shape index (κ2) is 10.3. The molecule has 0 aliphatic carbocycles. The topological polar surface area (TPSA) is 64.1 Å². The van der Waals surface area contributed by atoms with Gasteiger partial charge in [-0.3, -0.25) is 10.1 Å². The average molecular weight is 585 g/mol. The maximum absolute atomic E-state index is 12.6. The molecule has 9 heteroatoms. The highest BCUT2D eigenvalue weighted by Crippen LogP contribution is 2.35. The number of halogens is 3. The van der Waals surface area contributed by atoms with Crippen molar-refractivity contribution >= 4 is 72.3 Å². The summed E-state index contributed by atoms with van der Waals surface area (Å²) in [5.74, 6) is 0.394. The van der Waals surface area contributed by atoms with E-state index in [0.29, 0.717) is 26.6 Å². The molecule has 0 saturated heterocycles. The summed E-state index contributed by atoms with van der Waals surface area (Å²) >= 11 is 16.8. The minimum atomic E-state index is -0.444. The summed E-state index contributed by atoms with van der Waals surface area (Å²) in [5.41, 5.74) is 1.30. The number of aromatic nitrogens is 2. The molecule has 5 nitrogen and oxygen atoms in total. The van der Waals surface area contributed by atoms with Gasteiger partial charge in [0, 0.05) is 21.9 Å². The molecule has 1 atom stereocenters. The van der Waals surface area contributed by atoms with Crippen LogP contribution in [0.1, 0.15) is 26.9 Å². The zero-order valence-corrected chi connectivity index (χ0v) is 21.8. The first-order valence-corrected chi connectivity index (χ1v) is 12.8. The van der Waals surface area contributed by atoms with E-state index in [-0.39, 0.29) is 5.91 Å². The molecular formula is C26H16BrCl2N3O2S. The molecule has 0 spiro atoms. The van der Waals surface area contributed by atoms with E-state index in [1.54, 1.807) is 18.3 Å². The number of hydrogen-bond donors (Lipinski definition) is 1. The fourth-order valence-electron chi connectivity index (χ4n) is 3.48. The minimum absolute atomic E-state index is 0.320. The summed E-state index contributed by atoms with van der Waals surface area (Å²) in [7, 11) is 0. The third-order valence-electron chi connectivity index (χ3n) is 5.19. The van der Waals surface area contributed by atoms with Crippen LogP contribution in [0.2, 0.25) is 10.2 Å². The van der Waals surface area contributed by atoms with Crippen molar-refractivity contribution in [2.75, 3.05) is 5.32 Å². The molecule has 5 rings (SSSR count). The number of rotatable bonds is 6. The number of anilines is 1. The largest absolute Gasteiger partial charge is 0.480 e. The van der Waals surface area contributed by atoms with Crippen molar-refractivity contribution in [1.82, 2.24) is 9.97 Å². The van der Waals surface area contributed by atoms with Gasteiger partial charge in [-0.1, -0.05) is 74.7 Å². The van der Waals surface area contributed by atoms with Gasteiger partial charge in [-0.15, -0.1) is 0 Å². The van der Waals surface area contributed by atoms with E-state index in [2.05, 4.69) is 37.3 Å². The predicted molar refractivity (Wildman–Crippen MR) is 145 cm³/mol. The van der Waals surface area contributed by atoms with E-state index in [0.717, 1.165) is 25.7 Å². The fourth-order valence-corrected chi connectivity index (χ4v) is 4.96. The van der Waals surface area contributed by atoms with Crippen molar-refractivity contribution in [2.24, 2.45) is 0 Å². The number of carbonyl (C=O) groups is 1. The molecule has 1 amide bonds. The number of pyridine rings is 1. The van der Waals surface area contributed by atoms with E-state index in [4.69, 9.17) is 27.9 Å². The zero-order valence-electron chi connectivity index (χ0n) is 17.9. The van der Waals surface area contributed by atoms with E-state index < -0.39 is 6.10 Å². The second-order valence-electron chi connectivity index (χ2n) is 7.59. The SMILES string of the molecule is O=C(Nc1ncc(C(Oc2ccc3cc(Br)ccc3c2)c2ccc(Cl)cc2)s1)c1ccc(Cl)nc1. The van der Waals surface area contributed by atoms with Gasteiger partial charge in [0.25, 0.3) is 5.91 Å².